The molecule has 11 heteroatoms. The second kappa shape index (κ2) is 8.48. The summed E-state index contributed by atoms with van der Waals surface area (Å²) in [5.41, 5.74) is 6.46. The second-order valence-electron chi connectivity index (χ2n) is 8.29. The van der Waals surface area contributed by atoms with Crippen LogP contribution in [0.25, 0.3) is 16.6 Å². The maximum Gasteiger partial charge on any atom is 0.267 e. The smallest absolute Gasteiger partial charge is 0.267 e. The Bertz CT molecular complexity index is 1660. The summed E-state index contributed by atoms with van der Waals surface area (Å²) in [6.07, 6.45) is 3.79. The summed E-state index contributed by atoms with van der Waals surface area (Å²) in [6.45, 7) is 0.571. The molecule has 0 saturated carbocycles. The molecule has 3 heterocycles. The van der Waals surface area contributed by atoms with Gasteiger partial charge in [-0.1, -0.05) is 24.3 Å². The molecule has 2 aromatic heterocycles. The van der Waals surface area contributed by atoms with Gasteiger partial charge in [-0.2, -0.15) is 5.26 Å². The predicted octanol–water partition coefficient (Wildman–Crippen LogP) is 2.37. The molecule has 0 amide bonds. The Hall–Kier alpha value is -4.30. The number of sulfone groups is 1. The number of rotatable bonds is 4. The van der Waals surface area contributed by atoms with Gasteiger partial charge in [0, 0.05) is 12.8 Å². The Morgan fingerprint density at radius 2 is 1.89 bits per heavy atom. The zero-order chi connectivity index (χ0) is 24.7. The van der Waals surface area contributed by atoms with Gasteiger partial charge < -0.3 is 10.6 Å². The summed E-state index contributed by atoms with van der Waals surface area (Å²) < 4.78 is 26.4. The summed E-state index contributed by atoms with van der Waals surface area (Å²) in [5, 5.41) is 9.71. The van der Waals surface area contributed by atoms with Gasteiger partial charge in [0.2, 0.25) is 0 Å². The third-order valence-electron chi connectivity index (χ3n) is 6.09. The van der Waals surface area contributed by atoms with Crippen molar-refractivity contribution >= 4 is 32.4 Å². The summed E-state index contributed by atoms with van der Waals surface area (Å²) in [4.78, 5) is 28.8. The van der Waals surface area contributed by atoms with Crippen LogP contribution in [-0.4, -0.2) is 40.7 Å². The number of hydrogen-bond acceptors (Lipinski definition) is 9. The van der Waals surface area contributed by atoms with Crippen LogP contribution in [-0.2, 0) is 9.84 Å². The topological polar surface area (TPSA) is 148 Å². The zero-order valence-electron chi connectivity index (χ0n) is 18.8. The summed E-state index contributed by atoms with van der Waals surface area (Å²) >= 11 is 0. The highest BCUT2D eigenvalue weighted by atomic mass is 32.2. The Kier molecular flexibility index (Phi) is 5.45. The SMILES string of the molecule is CS(=O)(=O)c1cccc2nc([C@@H]3CCCN3c3ncnc(N)c3C#N)n(-c3ccccc3)c(=O)c12. The largest absolute Gasteiger partial charge is 0.382 e. The minimum Gasteiger partial charge on any atom is -0.382 e. The number of aromatic nitrogens is 4. The molecule has 0 spiro atoms. The first-order valence-corrected chi connectivity index (χ1v) is 12.8. The highest BCUT2D eigenvalue weighted by molar-refractivity contribution is 7.91. The van der Waals surface area contributed by atoms with Crippen molar-refractivity contribution in [1.82, 2.24) is 19.5 Å². The fourth-order valence-corrected chi connectivity index (χ4v) is 5.47. The third kappa shape index (κ3) is 3.77. The van der Waals surface area contributed by atoms with Gasteiger partial charge in [0.1, 0.15) is 29.6 Å². The minimum atomic E-state index is -3.68. The average molecular weight is 488 g/mol. The van der Waals surface area contributed by atoms with Gasteiger partial charge in [0.15, 0.2) is 15.7 Å². The Balaban J connectivity index is 1.82. The van der Waals surface area contributed by atoms with E-state index in [1.165, 1.54) is 17.0 Å². The number of nitrogens with two attached hydrogens (primary N) is 1. The van der Waals surface area contributed by atoms with Gasteiger partial charge in [0.25, 0.3) is 5.56 Å². The number of nitrogen functional groups attached to an aromatic ring is 1. The molecule has 0 bridgehead atoms. The molecule has 2 N–H and O–H groups in total. The normalized spacial score (nSPS) is 15.9. The molecule has 1 atom stereocenters. The van der Waals surface area contributed by atoms with Gasteiger partial charge in [-0.15, -0.1) is 0 Å². The molecule has 4 aromatic rings. The van der Waals surface area contributed by atoms with E-state index in [1.54, 1.807) is 36.4 Å². The van der Waals surface area contributed by atoms with E-state index in [2.05, 4.69) is 16.0 Å². The van der Waals surface area contributed by atoms with Crippen molar-refractivity contribution in [3.8, 4) is 11.8 Å². The first kappa shape index (κ1) is 22.5. The molecular weight excluding hydrogens is 466 g/mol. The van der Waals surface area contributed by atoms with E-state index in [-0.39, 0.29) is 27.2 Å². The van der Waals surface area contributed by atoms with Crippen LogP contribution >= 0.6 is 0 Å². The van der Waals surface area contributed by atoms with Crippen LogP contribution in [0.3, 0.4) is 0 Å². The van der Waals surface area contributed by atoms with Crippen LogP contribution in [0.4, 0.5) is 11.6 Å². The van der Waals surface area contributed by atoms with E-state index in [4.69, 9.17) is 10.7 Å². The van der Waals surface area contributed by atoms with Gasteiger partial charge in [-0.25, -0.2) is 23.4 Å². The first-order chi connectivity index (χ1) is 16.8. The number of nitriles is 1. The van der Waals surface area contributed by atoms with E-state index in [9.17, 15) is 18.5 Å². The molecule has 176 valence electrons. The molecule has 1 aliphatic rings. The summed E-state index contributed by atoms with van der Waals surface area (Å²) in [7, 11) is -3.68. The van der Waals surface area contributed by atoms with Crippen molar-refractivity contribution in [2.45, 2.75) is 23.8 Å². The average Bonchev–Trinajstić information content (AvgIpc) is 3.33. The van der Waals surface area contributed by atoms with Crippen molar-refractivity contribution in [2.24, 2.45) is 0 Å². The van der Waals surface area contributed by atoms with Crippen molar-refractivity contribution in [3.05, 3.63) is 76.6 Å². The number of nitrogens with zero attached hydrogens (tertiary/aromatic N) is 6. The van der Waals surface area contributed by atoms with Crippen molar-refractivity contribution in [3.63, 3.8) is 0 Å². The molecule has 5 rings (SSSR count). The number of fused-ring (bicyclic) bond motifs is 1. The van der Waals surface area contributed by atoms with Crippen LogP contribution in [0.15, 0.2) is 64.5 Å². The van der Waals surface area contributed by atoms with E-state index in [1.807, 2.05) is 11.0 Å². The quantitative estimate of drug-likeness (QED) is 0.458. The highest BCUT2D eigenvalue weighted by Crippen LogP contribution is 2.37. The Labute approximate surface area is 201 Å². The molecule has 10 nitrogen and oxygen atoms in total. The summed E-state index contributed by atoms with van der Waals surface area (Å²) in [6, 6.07) is 15.3. The van der Waals surface area contributed by atoms with E-state index >= 15 is 0 Å². The number of hydrogen-bond donors (Lipinski definition) is 1. The van der Waals surface area contributed by atoms with E-state index in [0.717, 1.165) is 12.7 Å². The van der Waals surface area contributed by atoms with Crippen molar-refractivity contribution in [1.29, 1.82) is 5.26 Å². The van der Waals surface area contributed by atoms with Gasteiger partial charge in [0.05, 0.1) is 27.5 Å². The maximum atomic E-state index is 13.9. The van der Waals surface area contributed by atoms with E-state index in [0.29, 0.717) is 30.3 Å². The fourth-order valence-electron chi connectivity index (χ4n) is 4.58. The van der Waals surface area contributed by atoms with Crippen LogP contribution < -0.4 is 16.2 Å². The molecular formula is C24H21N7O3S. The lowest BCUT2D eigenvalue weighted by Gasteiger charge is -2.28. The molecule has 35 heavy (non-hydrogen) atoms. The van der Waals surface area contributed by atoms with E-state index < -0.39 is 21.4 Å². The summed E-state index contributed by atoms with van der Waals surface area (Å²) in [5.74, 6) is 0.882. The van der Waals surface area contributed by atoms with Gasteiger partial charge in [-0.3, -0.25) is 9.36 Å². The van der Waals surface area contributed by atoms with Crippen LogP contribution in [0.5, 0.6) is 0 Å². The molecule has 0 unspecified atom stereocenters. The number of anilines is 2. The molecule has 0 aliphatic carbocycles. The maximum absolute atomic E-state index is 13.9. The van der Waals surface area contributed by atoms with Crippen LogP contribution in [0.2, 0.25) is 0 Å². The standard InChI is InChI=1S/C24H21N7O3S/c1-35(33,34)19-11-5-9-17-20(19)24(32)31(15-7-3-2-4-8-15)23(29-17)18-10-6-12-30(18)22-16(13-25)21(26)27-14-28-22/h2-5,7-9,11,14,18H,6,10,12H2,1H3,(H2,26,27,28)/t18-/m0/s1. The first-order valence-electron chi connectivity index (χ1n) is 10.9. The number of para-hydroxylation sites is 1. The zero-order valence-corrected chi connectivity index (χ0v) is 19.6. The Morgan fingerprint density at radius 3 is 2.60 bits per heavy atom. The molecule has 1 saturated heterocycles. The molecule has 0 radical (unpaired) electrons. The molecule has 1 aliphatic heterocycles. The van der Waals surface area contributed by atoms with Crippen LogP contribution in [0.1, 0.15) is 30.3 Å². The van der Waals surface area contributed by atoms with Crippen molar-refractivity contribution in [2.75, 3.05) is 23.4 Å². The number of benzene rings is 2. The second-order valence-corrected chi connectivity index (χ2v) is 10.3. The van der Waals surface area contributed by atoms with Crippen molar-refractivity contribution < 1.29 is 8.42 Å². The lowest BCUT2D eigenvalue weighted by Crippen LogP contribution is -2.33. The highest BCUT2D eigenvalue weighted by Gasteiger charge is 2.34. The fraction of sp³-hybridized carbons (Fsp3) is 0.208. The van der Waals surface area contributed by atoms with Crippen LogP contribution in [0, 0.1) is 11.3 Å². The van der Waals surface area contributed by atoms with Gasteiger partial charge >= 0.3 is 0 Å². The van der Waals surface area contributed by atoms with Gasteiger partial charge in [-0.05, 0) is 37.1 Å². The monoisotopic (exact) mass is 487 g/mol. The minimum absolute atomic E-state index is 0.0381. The Morgan fingerprint density at radius 1 is 1.11 bits per heavy atom. The lowest BCUT2D eigenvalue weighted by atomic mass is 10.1. The molecule has 1 fully saturated rings. The lowest BCUT2D eigenvalue weighted by molar-refractivity contribution is 0.602. The predicted molar refractivity (Wildman–Crippen MR) is 131 cm³/mol. The molecule has 2 aromatic carbocycles. The third-order valence-corrected chi connectivity index (χ3v) is 7.23.